The number of hydrogen-bond acceptors (Lipinski definition) is 5. The molecule has 0 spiro atoms. The Hall–Kier alpha value is -3.29. The minimum absolute atomic E-state index is 0.0150. The summed E-state index contributed by atoms with van der Waals surface area (Å²) in [5.74, 6) is -0.778. The summed E-state index contributed by atoms with van der Waals surface area (Å²) in [6, 6.07) is 9.69. The van der Waals surface area contributed by atoms with Crippen LogP contribution < -0.4 is 5.32 Å². The number of nitro groups is 2. The maximum Gasteiger partial charge on any atom is 0.293 e. The fourth-order valence-corrected chi connectivity index (χ4v) is 1.91. The SMILES string of the molecule is Cc1ccc(NC(=O)c2ccccc2[N+](=O)[O-])c([N+](=O)[O-])c1. The van der Waals surface area contributed by atoms with Gasteiger partial charge in [-0.25, -0.2) is 0 Å². The minimum atomic E-state index is -0.778. The number of nitrogens with one attached hydrogen (secondary N) is 1. The molecule has 2 aromatic rings. The van der Waals surface area contributed by atoms with Gasteiger partial charge >= 0.3 is 0 Å². The maximum absolute atomic E-state index is 12.2. The van der Waals surface area contributed by atoms with E-state index in [-0.39, 0.29) is 22.6 Å². The van der Waals surface area contributed by atoms with E-state index in [1.165, 1.54) is 36.4 Å². The first-order chi connectivity index (χ1) is 10.4. The molecule has 0 heterocycles. The smallest absolute Gasteiger partial charge is 0.293 e. The lowest BCUT2D eigenvalue weighted by molar-refractivity contribution is -0.385. The fourth-order valence-electron chi connectivity index (χ4n) is 1.91. The van der Waals surface area contributed by atoms with Gasteiger partial charge in [-0.05, 0) is 24.6 Å². The van der Waals surface area contributed by atoms with Gasteiger partial charge < -0.3 is 5.32 Å². The molecule has 0 atom stereocenters. The van der Waals surface area contributed by atoms with Crippen molar-refractivity contribution in [1.82, 2.24) is 0 Å². The highest BCUT2D eigenvalue weighted by atomic mass is 16.6. The molecule has 8 nitrogen and oxygen atoms in total. The molecule has 112 valence electrons. The number of carbonyl (C=O) groups excluding carboxylic acids is 1. The number of nitro benzene ring substituents is 2. The van der Waals surface area contributed by atoms with Crippen LogP contribution in [0.2, 0.25) is 0 Å². The predicted molar refractivity (Wildman–Crippen MR) is 78.9 cm³/mol. The van der Waals surface area contributed by atoms with Gasteiger partial charge in [0.1, 0.15) is 11.3 Å². The molecule has 2 aromatic carbocycles. The molecule has 0 saturated carbocycles. The Morgan fingerprint density at radius 1 is 1.00 bits per heavy atom. The number of aryl methyl sites for hydroxylation is 1. The van der Waals surface area contributed by atoms with Crippen LogP contribution in [0.1, 0.15) is 15.9 Å². The molecule has 1 N–H and O–H groups in total. The van der Waals surface area contributed by atoms with Crippen molar-refractivity contribution in [2.75, 3.05) is 5.32 Å². The van der Waals surface area contributed by atoms with Crippen LogP contribution in [0.3, 0.4) is 0 Å². The molecule has 0 bridgehead atoms. The average Bonchev–Trinajstić information content (AvgIpc) is 2.48. The van der Waals surface area contributed by atoms with E-state index in [9.17, 15) is 25.0 Å². The molecule has 0 saturated heterocycles. The normalized spacial score (nSPS) is 10.0. The second kappa shape index (κ2) is 6.00. The Labute approximate surface area is 124 Å². The van der Waals surface area contributed by atoms with Gasteiger partial charge in [-0.2, -0.15) is 0 Å². The number of carbonyl (C=O) groups is 1. The molecule has 0 aliphatic carbocycles. The van der Waals surface area contributed by atoms with Crippen molar-refractivity contribution in [3.05, 3.63) is 73.8 Å². The molecule has 0 fully saturated rings. The molecule has 1 amide bonds. The van der Waals surface area contributed by atoms with Crippen molar-refractivity contribution in [3.63, 3.8) is 0 Å². The number of benzene rings is 2. The molecule has 0 aliphatic rings. The quantitative estimate of drug-likeness (QED) is 0.688. The van der Waals surface area contributed by atoms with Crippen LogP contribution in [0.25, 0.3) is 0 Å². The van der Waals surface area contributed by atoms with Crippen LogP contribution in [0.15, 0.2) is 42.5 Å². The largest absolute Gasteiger partial charge is 0.316 e. The van der Waals surface area contributed by atoms with E-state index in [1.54, 1.807) is 13.0 Å². The minimum Gasteiger partial charge on any atom is -0.316 e. The highest BCUT2D eigenvalue weighted by Crippen LogP contribution is 2.27. The molecule has 22 heavy (non-hydrogen) atoms. The number of amides is 1. The number of para-hydroxylation sites is 1. The van der Waals surface area contributed by atoms with E-state index < -0.39 is 15.8 Å². The van der Waals surface area contributed by atoms with Gasteiger partial charge in [0.2, 0.25) is 0 Å². The first-order valence-corrected chi connectivity index (χ1v) is 6.20. The lowest BCUT2D eigenvalue weighted by Crippen LogP contribution is -2.15. The number of hydrogen-bond donors (Lipinski definition) is 1. The van der Waals surface area contributed by atoms with Crippen LogP contribution in [0.5, 0.6) is 0 Å². The van der Waals surface area contributed by atoms with Crippen LogP contribution in [-0.2, 0) is 0 Å². The van der Waals surface area contributed by atoms with E-state index in [2.05, 4.69) is 5.32 Å². The monoisotopic (exact) mass is 301 g/mol. The van der Waals surface area contributed by atoms with Gasteiger partial charge in [0.15, 0.2) is 0 Å². The number of anilines is 1. The summed E-state index contributed by atoms with van der Waals surface area (Å²) in [5.41, 5.74) is -0.154. The summed E-state index contributed by atoms with van der Waals surface area (Å²) in [5, 5.41) is 24.3. The fraction of sp³-hybridized carbons (Fsp3) is 0.0714. The number of nitrogens with zero attached hydrogens (tertiary/aromatic N) is 2. The van der Waals surface area contributed by atoms with Crippen LogP contribution in [0.4, 0.5) is 17.1 Å². The van der Waals surface area contributed by atoms with Gasteiger partial charge in [-0.1, -0.05) is 18.2 Å². The summed E-state index contributed by atoms with van der Waals surface area (Å²) >= 11 is 0. The molecular formula is C14H11N3O5. The maximum atomic E-state index is 12.2. The molecule has 0 aliphatic heterocycles. The van der Waals surface area contributed by atoms with Crippen molar-refractivity contribution in [2.45, 2.75) is 6.92 Å². The van der Waals surface area contributed by atoms with Gasteiger partial charge in [-0.15, -0.1) is 0 Å². The third kappa shape index (κ3) is 3.06. The summed E-state index contributed by atoms with van der Waals surface area (Å²) in [4.78, 5) is 32.8. The van der Waals surface area contributed by atoms with Crippen LogP contribution in [-0.4, -0.2) is 15.8 Å². The van der Waals surface area contributed by atoms with E-state index in [0.717, 1.165) is 0 Å². The number of rotatable bonds is 4. The molecule has 0 radical (unpaired) electrons. The zero-order chi connectivity index (χ0) is 16.3. The van der Waals surface area contributed by atoms with Crippen molar-refractivity contribution in [1.29, 1.82) is 0 Å². The summed E-state index contributed by atoms with van der Waals surface area (Å²) < 4.78 is 0. The first kappa shape index (κ1) is 15.1. The first-order valence-electron chi connectivity index (χ1n) is 6.20. The third-order valence-corrected chi connectivity index (χ3v) is 2.94. The van der Waals surface area contributed by atoms with E-state index >= 15 is 0 Å². The van der Waals surface area contributed by atoms with E-state index in [1.807, 2.05) is 0 Å². The lowest BCUT2D eigenvalue weighted by Gasteiger charge is -2.07. The Balaban J connectivity index is 2.38. The van der Waals surface area contributed by atoms with Crippen molar-refractivity contribution in [2.24, 2.45) is 0 Å². The van der Waals surface area contributed by atoms with Gasteiger partial charge in [0, 0.05) is 12.1 Å². The zero-order valence-electron chi connectivity index (χ0n) is 11.5. The van der Waals surface area contributed by atoms with Crippen molar-refractivity contribution >= 4 is 23.0 Å². The Morgan fingerprint density at radius 2 is 1.64 bits per heavy atom. The zero-order valence-corrected chi connectivity index (χ0v) is 11.5. The summed E-state index contributed by atoms with van der Waals surface area (Å²) in [6.07, 6.45) is 0. The molecule has 0 aromatic heterocycles. The Morgan fingerprint density at radius 3 is 2.27 bits per heavy atom. The molecular weight excluding hydrogens is 290 g/mol. The molecule has 2 rings (SSSR count). The predicted octanol–water partition coefficient (Wildman–Crippen LogP) is 3.06. The molecule has 8 heteroatoms. The highest BCUT2D eigenvalue weighted by molar-refractivity contribution is 6.08. The van der Waals surface area contributed by atoms with Crippen molar-refractivity contribution < 1.29 is 14.6 Å². The van der Waals surface area contributed by atoms with Gasteiger partial charge in [0.25, 0.3) is 17.3 Å². The average molecular weight is 301 g/mol. The topological polar surface area (TPSA) is 115 Å². The molecule has 0 unspecified atom stereocenters. The standard InChI is InChI=1S/C14H11N3O5/c1-9-6-7-11(13(8-9)17(21)22)15-14(18)10-4-2-3-5-12(10)16(19)20/h2-8H,1H3,(H,15,18). The lowest BCUT2D eigenvalue weighted by atomic mass is 10.1. The van der Waals surface area contributed by atoms with E-state index in [4.69, 9.17) is 0 Å². The second-order valence-corrected chi connectivity index (χ2v) is 4.51. The van der Waals surface area contributed by atoms with Crippen molar-refractivity contribution in [3.8, 4) is 0 Å². The van der Waals surface area contributed by atoms with Gasteiger partial charge in [0.05, 0.1) is 9.85 Å². The Bertz CT molecular complexity index is 773. The summed E-state index contributed by atoms with van der Waals surface area (Å²) in [7, 11) is 0. The summed E-state index contributed by atoms with van der Waals surface area (Å²) in [6.45, 7) is 1.68. The van der Waals surface area contributed by atoms with Crippen LogP contribution >= 0.6 is 0 Å². The highest BCUT2D eigenvalue weighted by Gasteiger charge is 2.22. The van der Waals surface area contributed by atoms with E-state index in [0.29, 0.717) is 5.56 Å². The Kier molecular flexibility index (Phi) is 4.12. The van der Waals surface area contributed by atoms with Gasteiger partial charge in [-0.3, -0.25) is 25.0 Å². The second-order valence-electron chi connectivity index (χ2n) is 4.51. The third-order valence-electron chi connectivity index (χ3n) is 2.94. The van der Waals surface area contributed by atoms with Crippen LogP contribution in [0, 0.1) is 27.2 Å².